The molecule has 2 N–H and O–H groups in total. The van der Waals surface area contributed by atoms with Gasteiger partial charge in [0.05, 0.1) is 17.1 Å². The van der Waals surface area contributed by atoms with Crippen molar-refractivity contribution in [2.45, 2.75) is 33.3 Å². The maximum absolute atomic E-state index is 12.1. The average Bonchev–Trinajstić information content (AvgIpc) is 2.82. The zero-order chi connectivity index (χ0) is 26.3. The van der Waals surface area contributed by atoms with Crippen LogP contribution in [0.3, 0.4) is 0 Å². The number of hydrogen-bond donors (Lipinski definition) is 2. The van der Waals surface area contributed by atoms with Crippen molar-refractivity contribution in [3.63, 3.8) is 0 Å². The minimum Gasteiger partial charge on any atom is -0.506 e. The van der Waals surface area contributed by atoms with Gasteiger partial charge >= 0.3 is 6.09 Å². The molecule has 1 heterocycles. The number of anilines is 2. The molecule has 0 aliphatic carbocycles. The third-order valence-electron chi connectivity index (χ3n) is 4.74. The number of phenols is 1. The Morgan fingerprint density at radius 3 is 2.69 bits per heavy atom. The van der Waals surface area contributed by atoms with E-state index in [0.29, 0.717) is 34.8 Å². The molecule has 3 aromatic rings. The summed E-state index contributed by atoms with van der Waals surface area (Å²) in [5, 5.41) is 18.0. The summed E-state index contributed by atoms with van der Waals surface area (Å²) in [4.78, 5) is 27.7. The summed E-state index contributed by atoms with van der Waals surface area (Å²) in [7, 11) is 1.63. The lowest BCUT2D eigenvalue weighted by Gasteiger charge is -2.24. The van der Waals surface area contributed by atoms with E-state index in [-0.39, 0.29) is 17.4 Å². The second kappa shape index (κ2) is 11.6. The van der Waals surface area contributed by atoms with Crippen molar-refractivity contribution in [3.8, 4) is 17.6 Å². The molecule has 0 saturated heterocycles. The van der Waals surface area contributed by atoms with Gasteiger partial charge in [-0.1, -0.05) is 22.7 Å². The third-order valence-corrected chi connectivity index (χ3v) is 5.04. The van der Waals surface area contributed by atoms with Crippen LogP contribution in [0.1, 0.15) is 33.3 Å². The van der Waals surface area contributed by atoms with Gasteiger partial charge in [0.15, 0.2) is 5.71 Å². The summed E-state index contributed by atoms with van der Waals surface area (Å²) in [5.41, 5.74) is 1.92. The normalized spacial score (nSPS) is 11.4. The summed E-state index contributed by atoms with van der Waals surface area (Å²) in [5.74, 6) is 6.34. The van der Waals surface area contributed by atoms with Crippen LogP contribution in [-0.2, 0) is 9.57 Å². The lowest BCUT2D eigenvalue weighted by Crippen LogP contribution is -2.35. The van der Waals surface area contributed by atoms with E-state index >= 15 is 0 Å². The number of hydrogen-bond acceptors (Lipinski definition) is 8. The number of aromatic hydroxyl groups is 1. The Morgan fingerprint density at radius 2 is 2.00 bits per heavy atom. The number of halogens is 1. The molecule has 0 bridgehead atoms. The molecule has 0 spiro atoms. The van der Waals surface area contributed by atoms with Crippen molar-refractivity contribution in [2.24, 2.45) is 5.16 Å². The Morgan fingerprint density at radius 1 is 1.22 bits per heavy atom. The third kappa shape index (κ3) is 7.23. The highest BCUT2D eigenvalue weighted by atomic mass is 35.5. The van der Waals surface area contributed by atoms with Crippen molar-refractivity contribution in [1.29, 1.82) is 0 Å². The van der Waals surface area contributed by atoms with E-state index in [1.807, 2.05) is 39.0 Å². The van der Waals surface area contributed by atoms with Gasteiger partial charge in [0.25, 0.3) is 0 Å². The first-order valence-electron chi connectivity index (χ1n) is 11.1. The molecule has 10 heteroatoms. The van der Waals surface area contributed by atoms with Gasteiger partial charge in [0, 0.05) is 23.7 Å². The van der Waals surface area contributed by atoms with Crippen LogP contribution in [0.4, 0.5) is 16.3 Å². The number of nitrogens with one attached hydrogen (secondary N) is 1. The minimum atomic E-state index is -0.573. The molecule has 0 aliphatic heterocycles. The summed E-state index contributed by atoms with van der Waals surface area (Å²) in [6, 6.07) is 10.3. The predicted octanol–water partition coefficient (Wildman–Crippen LogP) is 5.34. The number of ether oxygens (including phenoxy) is 1. The first kappa shape index (κ1) is 26.6. The number of fused-ring (bicyclic) bond motifs is 1. The van der Waals surface area contributed by atoms with Crippen molar-refractivity contribution in [3.05, 3.63) is 53.3 Å². The fourth-order valence-corrected chi connectivity index (χ4v) is 3.19. The standard InChI is InChI=1S/C26H28ClN5O4/c1-6-7-21(31-35-13-12-32(5)25(34)36-26(2,3)4)17-8-10-22-19(14-17)24(29-16-28-22)30-18-9-11-23(33)20(27)15-18/h8-11,14-16,33H,12-13H2,1-5H3,(H,28,29,30)/b31-21+. The zero-order valence-electron chi connectivity index (χ0n) is 20.8. The van der Waals surface area contributed by atoms with Gasteiger partial charge < -0.3 is 24.9 Å². The van der Waals surface area contributed by atoms with Crippen LogP contribution in [0.5, 0.6) is 5.75 Å². The number of likely N-dealkylation sites (N-methyl/N-ethyl adjacent to an activating group) is 1. The van der Waals surface area contributed by atoms with E-state index in [2.05, 4.69) is 32.3 Å². The number of nitrogens with zero attached hydrogens (tertiary/aromatic N) is 4. The maximum Gasteiger partial charge on any atom is 0.410 e. The topological polar surface area (TPSA) is 109 Å². The molecule has 3 rings (SSSR count). The minimum absolute atomic E-state index is 0.00618. The number of aromatic nitrogens is 2. The number of oxime groups is 1. The van der Waals surface area contributed by atoms with Crippen molar-refractivity contribution in [2.75, 3.05) is 25.5 Å². The second-order valence-corrected chi connectivity index (χ2v) is 9.20. The SMILES string of the molecule is CC#C/C(=N\OCCN(C)C(=O)OC(C)(C)C)c1ccc2ncnc(Nc3ccc(O)c(Cl)c3)c2c1. The lowest BCUT2D eigenvalue weighted by molar-refractivity contribution is 0.0236. The molecule has 0 radical (unpaired) electrons. The number of amides is 1. The van der Waals surface area contributed by atoms with Crippen LogP contribution in [0, 0.1) is 11.8 Å². The van der Waals surface area contributed by atoms with Crippen molar-refractivity contribution >= 4 is 45.8 Å². The molecule has 9 nitrogen and oxygen atoms in total. The summed E-state index contributed by atoms with van der Waals surface area (Å²) in [6.07, 6.45) is 1.02. The molecule has 0 unspecified atom stereocenters. The lowest BCUT2D eigenvalue weighted by atomic mass is 10.1. The highest BCUT2D eigenvalue weighted by Crippen LogP contribution is 2.29. The molecule has 0 aliphatic rings. The Kier molecular flexibility index (Phi) is 8.56. The van der Waals surface area contributed by atoms with E-state index in [4.69, 9.17) is 21.2 Å². The number of rotatable bonds is 7. The van der Waals surface area contributed by atoms with Gasteiger partial charge in [0.2, 0.25) is 0 Å². The van der Waals surface area contributed by atoms with E-state index < -0.39 is 11.7 Å². The Bertz CT molecular complexity index is 1340. The van der Waals surface area contributed by atoms with Gasteiger partial charge in [-0.15, -0.1) is 0 Å². The molecule has 36 heavy (non-hydrogen) atoms. The Hall–Kier alpha value is -4.03. The molecule has 1 aromatic heterocycles. The monoisotopic (exact) mass is 509 g/mol. The van der Waals surface area contributed by atoms with Gasteiger partial charge in [-0.2, -0.15) is 0 Å². The summed E-state index contributed by atoms with van der Waals surface area (Å²) >= 11 is 6.03. The first-order valence-corrected chi connectivity index (χ1v) is 11.5. The quantitative estimate of drug-likeness (QED) is 0.145. The van der Waals surface area contributed by atoms with Crippen molar-refractivity contribution < 1.29 is 19.5 Å². The Balaban J connectivity index is 1.78. The molecule has 0 fully saturated rings. The summed E-state index contributed by atoms with van der Waals surface area (Å²) in [6.45, 7) is 7.59. The smallest absolute Gasteiger partial charge is 0.410 e. The number of carbonyl (C=O) groups is 1. The molecule has 2 aromatic carbocycles. The first-order chi connectivity index (χ1) is 17.1. The Labute approximate surface area is 215 Å². The zero-order valence-corrected chi connectivity index (χ0v) is 21.6. The van der Waals surface area contributed by atoms with Crippen molar-refractivity contribution in [1.82, 2.24) is 14.9 Å². The van der Waals surface area contributed by atoms with Crippen LogP contribution < -0.4 is 5.32 Å². The summed E-state index contributed by atoms with van der Waals surface area (Å²) < 4.78 is 5.33. The average molecular weight is 510 g/mol. The fraction of sp³-hybridized carbons (Fsp3) is 0.308. The van der Waals surface area contributed by atoms with Gasteiger partial charge in [0.1, 0.15) is 30.1 Å². The predicted molar refractivity (Wildman–Crippen MR) is 141 cm³/mol. The molecule has 188 valence electrons. The second-order valence-electron chi connectivity index (χ2n) is 8.80. The molecular weight excluding hydrogens is 482 g/mol. The number of phenolic OH excluding ortho intramolecular Hbond substituents is 1. The van der Waals surface area contributed by atoms with Gasteiger partial charge in [-0.25, -0.2) is 14.8 Å². The largest absolute Gasteiger partial charge is 0.506 e. The van der Waals surface area contributed by atoms with Crippen LogP contribution in [0.15, 0.2) is 47.9 Å². The van der Waals surface area contributed by atoms with E-state index in [0.717, 1.165) is 5.39 Å². The van der Waals surface area contributed by atoms with Crippen LogP contribution >= 0.6 is 11.6 Å². The van der Waals surface area contributed by atoms with Crippen LogP contribution in [0.2, 0.25) is 5.02 Å². The van der Waals surface area contributed by atoms with E-state index in [1.54, 1.807) is 26.1 Å². The highest BCUT2D eigenvalue weighted by molar-refractivity contribution is 6.32. The highest BCUT2D eigenvalue weighted by Gasteiger charge is 2.19. The van der Waals surface area contributed by atoms with Crippen LogP contribution in [0.25, 0.3) is 10.9 Å². The fourth-order valence-electron chi connectivity index (χ4n) is 3.01. The van der Waals surface area contributed by atoms with E-state index in [9.17, 15) is 9.90 Å². The van der Waals surface area contributed by atoms with Gasteiger partial charge in [-0.05, 0) is 70.0 Å². The molecule has 0 atom stereocenters. The number of benzene rings is 2. The number of carbonyl (C=O) groups excluding carboxylic acids is 1. The molecular formula is C26H28ClN5O4. The van der Waals surface area contributed by atoms with Gasteiger partial charge in [-0.3, -0.25) is 0 Å². The maximum atomic E-state index is 12.1. The molecule has 0 saturated carbocycles. The van der Waals surface area contributed by atoms with E-state index in [1.165, 1.54) is 17.3 Å². The molecule has 1 amide bonds. The van der Waals surface area contributed by atoms with Crippen LogP contribution in [-0.4, -0.2) is 57.6 Å².